The molecule has 0 radical (unpaired) electrons. The smallest absolute Gasteiger partial charge is 0.240 e. The summed E-state index contributed by atoms with van der Waals surface area (Å²) < 4.78 is 5.17. The van der Waals surface area contributed by atoms with Crippen molar-refractivity contribution in [2.75, 3.05) is 6.54 Å². The van der Waals surface area contributed by atoms with E-state index in [0.29, 0.717) is 24.1 Å². The maximum absolute atomic E-state index is 5.62. The van der Waals surface area contributed by atoms with Crippen LogP contribution in [0.2, 0.25) is 0 Å². The summed E-state index contributed by atoms with van der Waals surface area (Å²) in [6, 6.07) is 0. The number of hydrogen-bond acceptors (Lipinski definition) is 6. The molecule has 0 aliphatic heterocycles. The molecule has 0 spiro atoms. The SMILES string of the molecule is CCC(CN)c1nc(-c2ncc(C)cn2)no1. The summed E-state index contributed by atoms with van der Waals surface area (Å²) in [6.07, 6.45) is 4.31. The molecule has 0 aliphatic rings. The normalized spacial score (nSPS) is 12.6. The summed E-state index contributed by atoms with van der Waals surface area (Å²) in [5.74, 6) is 1.53. The van der Waals surface area contributed by atoms with E-state index in [1.807, 2.05) is 13.8 Å². The van der Waals surface area contributed by atoms with Crippen LogP contribution in [-0.2, 0) is 0 Å². The van der Waals surface area contributed by atoms with Gasteiger partial charge in [-0.1, -0.05) is 12.1 Å². The predicted octanol–water partition coefficient (Wildman–Crippen LogP) is 1.29. The van der Waals surface area contributed by atoms with E-state index >= 15 is 0 Å². The first-order valence-electron chi connectivity index (χ1n) is 5.57. The largest absolute Gasteiger partial charge is 0.339 e. The molecule has 6 nitrogen and oxygen atoms in total. The van der Waals surface area contributed by atoms with Gasteiger partial charge in [0, 0.05) is 18.9 Å². The summed E-state index contributed by atoms with van der Waals surface area (Å²) in [4.78, 5) is 12.6. The van der Waals surface area contributed by atoms with Gasteiger partial charge in [-0.3, -0.25) is 0 Å². The number of rotatable bonds is 4. The zero-order valence-corrected chi connectivity index (χ0v) is 9.92. The van der Waals surface area contributed by atoms with E-state index in [1.165, 1.54) is 0 Å². The van der Waals surface area contributed by atoms with E-state index in [4.69, 9.17) is 10.3 Å². The molecule has 17 heavy (non-hydrogen) atoms. The molecule has 0 bridgehead atoms. The van der Waals surface area contributed by atoms with Gasteiger partial charge in [-0.25, -0.2) is 9.97 Å². The molecule has 6 heteroatoms. The van der Waals surface area contributed by atoms with Crippen molar-refractivity contribution in [3.63, 3.8) is 0 Å². The Hall–Kier alpha value is -1.82. The Balaban J connectivity index is 2.26. The van der Waals surface area contributed by atoms with Gasteiger partial charge < -0.3 is 10.3 Å². The summed E-state index contributed by atoms with van der Waals surface area (Å²) in [5.41, 5.74) is 6.62. The Morgan fingerprint density at radius 1 is 1.29 bits per heavy atom. The molecular formula is C11H15N5O. The van der Waals surface area contributed by atoms with Crippen molar-refractivity contribution in [3.8, 4) is 11.6 Å². The molecular weight excluding hydrogens is 218 g/mol. The number of aromatic nitrogens is 4. The molecule has 1 atom stereocenters. The Morgan fingerprint density at radius 3 is 2.59 bits per heavy atom. The highest BCUT2D eigenvalue weighted by Crippen LogP contribution is 2.18. The van der Waals surface area contributed by atoms with Crippen LogP contribution < -0.4 is 5.73 Å². The Labute approximate surface area is 99.3 Å². The second kappa shape index (κ2) is 5.01. The van der Waals surface area contributed by atoms with Crippen LogP contribution in [0.1, 0.15) is 30.7 Å². The second-order valence-corrected chi connectivity index (χ2v) is 3.88. The summed E-state index contributed by atoms with van der Waals surface area (Å²) in [5, 5.41) is 3.87. The second-order valence-electron chi connectivity index (χ2n) is 3.88. The molecule has 2 aromatic heterocycles. The van der Waals surface area contributed by atoms with Gasteiger partial charge in [-0.2, -0.15) is 4.98 Å². The van der Waals surface area contributed by atoms with Gasteiger partial charge in [0.2, 0.25) is 17.5 Å². The van der Waals surface area contributed by atoms with Crippen LogP contribution >= 0.6 is 0 Å². The van der Waals surface area contributed by atoms with Gasteiger partial charge in [0.15, 0.2) is 0 Å². The molecule has 2 aromatic rings. The van der Waals surface area contributed by atoms with Gasteiger partial charge in [-0.05, 0) is 18.9 Å². The number of nitrogens with zero attached hydrogens (tertiary/aromatic N) is 4. The van der Waals surface area contributed by atoms with Crippen LogP contribution in [0.4, 0.5) is 0 Å². The van der Waals surface area contributed by atoms with E-state index in [0.717, 1.165) is 12.0 Å². The lowest BCUT2D eigenvalue weighted by Gasteiger charge is -2.04. The Kier molecular flexibility index (Phi) is 3.43. The van der Waals surface area contributed by atoms with Crippen molar-refractivity contribution in [3.05, 3.63) is 23.8 Å². The molecule has 0 saturated heterocycles. The van der Waals surface area contributed by atoms with E-state index in [2.05, 4.69) is 20.1 Å². The van der Waals surface area contributed by atoms with Gasteiger partial charge in [0.1, 0.15) is 0 Å². The maximum atomic E-state index is 5.62. The van der Waals surface area contributed by atoms with Crippen LogP contribution in [0.15, 0.2) is 16.9 Å². The fourth-order valence-corrected chi connectivity index (χ4v) is 1.44. The Morgan fingerprint density at radius 2 is 2.00 bits per heavy atom. The number of nitrogens with two attached hydrogens (primary N) is 1. The minimum atomic E-state index is 0.0988. The molecule has 90 valence electrons. The molecule has 0 aromatic carbocycles. The van der Waals surface area contributed by atoms with Crippen LogP contribution in [0, 0.1) is 6.92 Å². The van der Waals surface area contributed by atoms with Gasteiger partial charge in [0.25, 0.3) is 0 Å². The molecule has 2 N–H and O–H groups in total. The fraction of sp³-hybridized carbons (Fsp3) is 0.455. The highest BCUT2D eigenvalue weighted by Gasteiger charge is 2.17. The highest BCUT2D eigenvalue weighted by molar-refractivity contribution is 5.41. The Bertz CT molecular complexity index is 475. The van der Waals surface area contributed by atoms with Crippen LogP contribution in [0.3, 0.4) is 0 Å². The van der Waals surface area contributed by atoms with Crippen LogP contribution in [0.25, 0.3) is 11.6 Å². The standard InChI is InChI=1S/C11H15N5O/c1-3-8(4-12)11-15-10(16-17-11)9-13-5-7(2)6-14-9/h5-6,8H,3-4,12H2,1-2H3. The molecule has 2 rings (SSSR count). The van der Waals surface area contributed by atoms with Crippen molar-refractivity contribution < 1.29 is 4.52 Å². The molecule has 0 fully saturated rings. The van der Waals surface area contributed by atoms with Crippen molar-refractivity contribution in [1.82, 2.24) is 20.1 Å². The zero-order chi connectivity index (χ0) is 12.3. The van der Waals surface area contributed by atoms with Gasteiger partial charge in [0.05, 0.1) is 5.92 Å². The third-order valence-corrected chi connectivity index (χ3v) is 2.55. The van der Waals surface area contributed by atoms with Crippen LogP contribution in [-0.4, -0.2) is 26.7 Å². The van der Waals surface area contributed by atoms with Gasteiger partial charge in [-0.15, -0.1) is 0 Å². The van der Waals surface area contributed by atoms with E-state index in [1.54, 1.807) is 12.4 Å². The molecule has 0 aliphatic carbocycles. The van der Waals surface area contributed by atoms with Gasteiger partial charge >= 0.3 is 0 Å². The lowest BCUT2D eigenvalue weighted by atomic mass is 10.1. The lowest BCUT2D eigenvalue weighted by Crippen LogP contribution is -2.11. The fourth-order valence-electron chi connectivity index (χ4n) is 1.44. The third kappa shape index (κ3) is 2.47. The van der Waals surface area contributed by atoms with Crippen molar-refractivity contribution in [1.29, 1.82) is 0 Å². The minimum absolute atomic E-state index is 0.0988. The average molecular weight is 233 g/mol. The third-order valence-electron chi connectivity index (χ3n) is 2.55. The highest BCUT2D eigenvalue weighted by atomic mass is 16.5. The van der Waals surface area contributed by atoms with Crippen molar-refractivity contribution >= 4 is 0 Å². The van der Waals surface area contributed by atoms with E-state index in [9.17, 15) is 0 Å². The quantitative estimate of drug-likeness (QED) is 0.855. The summed E-state index contributed by atoms with van der Waals surface area (Å²) in [6.45, 7) is 4.45. The first-order chi connectivity index (χ1) is 8.24. The van der Waals surface area contributed by atoms with E-state index in [-0.39, 0.29) is 5.92 Å². The molecule has 0 amide bonds. The molecule has 2 heterocycles. The summed E-state index contributed by atoms with van der Waals surface area (Å²) in [7, 11) is 0. The van der Waals surface area contributed by atoms with Crippen molar-refractivity contribution in [2.24, 2.45) is 5.73 Å². The number of hydrogen-bond donors (Lipinski definition) is 1. The number of aryl methyl sites for hydroxylation is 1. The molecule has 1 unspecified atom stereocenters. The average Bonchev–Trinajstić information content (AvgIpc) is 2.81. The first-order valence-corrected chi connectivity index (χ1v) is 5.57. The monoisotopic (exact) mass is 233 g/mol. The molecule has 0 saturated carbocycles. The lowest BCUT2D eigenvalue weighted by molar-refractivity contribution is 0.351. The summed E-state index contributed by atoms with van der Waals surface area (Å²) >= 11 is 0. The van der Waals surface area contributed by atoms with Crippen molar-refractivity contribution in [2.45, 2.75) is 26.2 Å². The maximum Gasteiger partial charge on any atom is 0.240 e. The minimum Gasteiger partial charge on any atom is -0.339 e. The predicted molar refractivity (Wildman–Crippen MR) is 62.1 cm³/mol. The van der Waals surface area contributed by atoms with E-state index < -0.39 is 0 Å². The first kappa shape index (κ1) is 11.7. The van der Waals surface area contributed by atoms with Crippen LogP contribution in [0.5, 0.6) is 0 Å². The topological polar surface area (TPSA) is 90.7 Å². The zero-order valence-electron chi connectivity index (χ0n) is 9.92.